The van der Waals surface area contributed by atoms with Gasteiger partial charge in [0.25, 0.3) is 0 Å². The third kappa shape index (κ3) is 3.84. The zero-order chi connectivity index (χ0) is 19.3. The van der Waals surface area contributed by atoms with Crippen molar-refractivity contribution in [1.82, 2.24) is 10.2 Å². The molecule has 0 aromatic heterocycles. The highest BCUT2D eigenvalue weighted by atomic mass is 16.5. The van der Waals surface area contributed by atoms with E-state index in [1.54, 1.807) is 18.7 Å². The molecule has 0 fully saturated rings. The number of carbonyl (C=O) groups is 2. The summed E-state index contributed by atoms with van der Waals surface area (Å²) in [5.41, 5.74) is 3.12. The van der Waals surface area contributed by atoms with Crippen LogP contribution in [0.2, 0.25) is 0 Å². The van der Waals surface area contributed by atoms with Gasteiger partial charge in [-0.3, -0.25) is 4.90 Å². The quantitative estimate of drug-likeness (QED) is 0.758. The third-order valence-corrected chi connectivity index (χ3v) is 4.76. The van der Waals surface area contributed by atoms with Gasteiger partial charge in [-0.15, -0.1) is 0 Å². The molecule has 6 nitrogen and oxygen atoms in total. The second-order valence-corrected chi connectivity index (χ2v) is 6.11. The number of benzene rings is 1. The summed E-state index contributed by atoms with van der Waals surface area (Å²) in [5, 5.41) is 2.94. The Bertz CT molecular complexity index is 678. The molecule has 2 rings (SSSR count). The minimum atomic E-state index is -0.505. The predicted molar refractivity (Wildman–Crippen MR) is 103 cm³/mol. The molecule has 142 valence electrons. The second-order valence-electron chi connectivity index (χ2n) is 6.11. The van der Waals surface area contributed by atoms with Crippen molar-refractivity contribution >= 4 is 17.7 Å². The van der Waals surface area contributed by atoms with Gasteiger partial charge in [-0.05, 0) is 52.3 Å². The lowest BCUT2D eigenvalue weighted by Gasteiger charge is -2.35. The van der Waals surface area contributed by atoms with Crippen LogP contribution in [0, 0.1) is 0 Å². The van der Waals surface area contributed by atoms with Crippen molar-refractivity contribution in [1.29, 1.82) is 0 Å². The number of nitrogens with one attached hydrogen (secondary N) is 1. The van der Waals surface area contributed by atoms with Crippen LogP contribution in [-0.4, -0.2) is 43.1 Å². The number of anilines is 1. The van der Waals surface area contributed by atoms with Gasteiger partial charge in [-0.1, -0.05) is 12.1 Å². The maximum absolute atomic E-state index is 12.6. The molecule has 0 aliphatic carbocycles. The van der Waals surface area contributed by atoms with E-state index in [9.17, 15) is 9.59 Å². The highest BCUT2D eigenvalue weighted by Gasteiger charge is 2.35. The van der Waals surface area contributed by atoms with Gasteiger partial charge in [-0.25, -0.2) is 9.59 Å². The first kappa shape index (κ1) is 19.8. The summed E-state index contributed by atoms with van der Waals surface area (Å²) < 4.78 is 5.25. The fourth-order valence-corrected chi connectivity index (χ4v) is 3.35. The van der Waals surface area contributed by atoms with Gasteiger partial charge in [0.2, 0.25) is 0 Å². The number of ether oxygens (including phenoxy) is 1. The van der Waals surface area contributed by atoms with Crippen molar-refractivity contribution in [3.8, 4) is 0 Å². The summed E-state index contributed by atoms with van der Waals surface area (Å²) in [6.07, 6.45) is 0. The smallest absolute Gasteiger partial charge is 0.338 e. The molecule has 26 heavy (non-hydrogen) atoms. The fourth-order valence-electron chi connectivity index (χ4n) is 3.35. The van der Waals surface area contributed by atoms with Crippen molar-refractivity contribution in [3.63, 3.8) is 0 Å². The Balaban J connectivity index is 2.43. The van der Waals surface area contributed by atoms with Crippen LogP contribution in [0.5, 0.6) is 0 Å². The van der Waals surface area contributed by atoms with Crippen molar-refractivity contribution < 1.29 is 14.3 Å². The molecule has 0 unspecified atom stereocenters. The SMILES string of the molecule is CCOC(=O)C1=C(C)N(CC)C(=O)N[C@H]1c1ccc(N(CC)CC)cc1. The molecule has 0 spiro atoms. The van der Waals surface area contributed by atoms with Crippen molar-refractivity contribution in [3.05, 3.63) is 41.1 Å². The van der Waals surface area contributed by atoms with Crippen LogP contribution in [0.4, 0.5) is 10.5 Å². The summed E-state index contributed by atoms with van der Waals surface area (Å²) in [7, 11) is 0. The van der Waals surface area contributed by atoms with Crippen LogP contribution in [0.15, 0.2) is 35.5 Å². The van der Waals surface area contributed by atoms with Crippen LogP contribution < -0.4 is 10.2 Å². The lowest BCUT2D eigenvalue weighted by molar-refractivity contribution is -0.139. The fraction of sp³-hybridized carbons (Fsp3) is 0.500. The molecule has 1 aliphatic rings. The lowest BCUT2D eigenvalue weighted by atomic mass is 9.94. The van der Waals surface area contributed by atoms with Crippen molar-refractivity contribution in [2.45, 2.75) is 40.7 Å². The van der Waals surface area contributed by atoms with Crippen molar-refractivity contribution in [2.24, 2.45) is 0 Å². The van der Waals surface area contributed by atoms with Crippen molar-refractivity contribution in [2.75, 3.05) is 31.1 Å². The van der Waals surface area contributed by atoms with Crippen LogP contribution in [0.1, 0.15) is 46.2 Å². The van der Waals surface area contributed by atoms with E-state index >= 15 is 0 Å². The number of nitrogens with zero attached hydrogens (tertiary/aromatic N) is 2. The first-order valence-corrected chi connectivity index (χ1v) is 9.29. The van der Waals surface area contributed by atoms with E-state index in [0.29, 0.717) is 24.4 Å². The molecule has 2 amide bonds. The number of allylic oxidation sites excluding steroid dienone is 1. The minimum absolute atomic E-state index is 0.198. The topological polar surface area (TPSA) is 61.9 Å². The molecule has 0 radical (unpaired) electrons. The molecule has 0 bridgehead atoms. The molecule has 1 aliphatic heterocycles. The van der Waals surface area contributed by atoms with Gasteiger partial charge in [0.05, 0.1) is 18.2 Å². The van der Waals surface area contributed by atoms with Gasteiger partial charge in [0.1, 0.15) is 0 Å². The molecule has 1 heterocycles. The Morgan fingerprint density at radius 2 is 1.77 bits per heavy atom. The number of hydrogen-bond acceptors (Lipinski definition) is 4. The Kier molecular flexibility index (Phi) is 6.66. The Hall–Kier alpha value is -2.50. The summed E-state index contributed by atoms with van der Waals surface area (Å²) in [5.74, 6) is -0.388. The van der Waals surface area contributed by atoms with Crippen LogP contribution in [-0.2, 0) is 9.53 Å². The number of carbonyl (C=O) groups excluding carboxylic acids is 2. The Labute approximate surface area is 155 Å². The van der Waals surface area contributed by atoms with E-state index in [1.807, 2.05) is 31.2 Å². The molecule has 1 atom stereocenters. The van der Waals surface area contributed by atoms with Crippen LogP contribution in [0.25, 0.3) is 0 Å². The zero-order valence-electron chi connectivity index (χ0n) is 16.3. The maximum Gasteiger partial charge on any atom is 0.338 e. The van der Waals surface area contributed by atoms with Gasteiger partial charge in [-0.2, -0.15) is 0 Å². The summed E-state index contributed by atoms with van der Waals surface area (Å²) in [4.78, 5) is 28.8. The first-order chi connectivity index (χ1) is 12.5. The summed E-state index contributed by atoms with van der Waals surface area (Å²) in [6.45, 7) is 12.3. The zero-order valence-corrected chi connectivity index (χ0v) is 16.3. The summed E-state index contributed by atoms with van der Waals surface area (Å²) in [6, 6.07) is 7.28. The lowest BCUT2D eigenvalue weighted by Crippen LogP contribution is -2.47. The van der Waals surface area contributed by atoms with E-state index < -0.39 is 6.04 Å². The normalized spacial score (nSPS) is 17.2. The average molecular weight is 359 g/mol. The third-order valence-electron chi connectivity index (χ3n) is 4.76. The van der Waals surface area contributed by atoms with Crippen LogP contribution in [0.3, 0.4) is 0 Å². The number of urea groups is 1. The highest BCUT2D eigenvalue weighted by Crippen LogP contribution is 2.32. The molecular formula is C20H29N3O3. The molecule has 1 N–H and O–H groups in total. The molecule has 1 aromatic carbocycles. The molecule has 6 heteroatoms. The van der Waals surface area contributed by atoms with Gasteiger partial charge < -0.3 is 15.0 Å². The number of hydrogen-bond donors (Lipinski definition) is 1. The Morgan fingerprint density at radius 3 is 2.27 bits per heavy atom. The van der Waals surface area contributed by atoms with E-state index in [1.165, 1.54) is 0 Å². The monoisotopic (exact) mass is 359 g/mol. The standard InChI is InChI=1S/C20H29N3O3/c1-6-22(7-2)16-12-10-15(11-13-16)18-17(19(24)26-9-4)14(5)23(8-3)20(25)21-18/h10-13,18H,6-9H2,1-5H3,(H,21,25)/t18-/m0/s1. The van der Waals surface area contributed by atoms with E-state index in [0.717, 1.165) is 24.3 Å². The van der Waals surface area contributed by atoms with Gasteiger partial charge in [0, 0.05) is 31.0 Å². The van der Waals surface area contributed by atoms with E-state index in [-0.39, 0.29) is 12.0 Å². The molecule has 1 aromatic rings. The first-order valence-electron chi connectivity index (χ1n) is 9.29. The van der Waals surface area contributed by atoms with Gasteiger partial charge >= 0.3 is 12.0 Å². The van der Waals surface area contributed by atoms with Crippen LogP contribution >= 0.6 is 0 Å². The average Bonchev–Trinajstić information content (AvgIpc) is 2.63. The van der Waals surface area contributed by atoms with E-state index in [4.69, 9.17) is 4.74 Å². The summed E-state index contributed by atoms with van der Waals surface area (Å²) >= 11 is 0. The number of amides is 2. The van der Waals surface area contributed by atoms with E-state index in [2.05, 4.69) is 24.1 Å². The highest BCUT2D eigenvalue weighted by molar-refractivity contribution is 5.95. The number of rotatable bonds is 7. The number of esters is 1. The molecule has 0 saturated heterocycles. The second kappa shape index (κ2) is 8.74. The largest absolute Gasteiger partial charge is 0.463 e. The molecule has 0 saturated carbocycles. The predicted octanol–water partition coefficient (Wildman–Crippen LogP) is 3.46. The molecular weight excluding hydrogens is 330 g/mol. The maximum atomic E-state index is 12.6. The minimum Gasteiger partial charge on any atom is -0.463 e. The van der Waals surface area contributed by atoms with Gasteiger partial charge in [0.15, 0.2) is 0 Å². The Morgan fingerprint density at radius 1 is 1.15 bits per heavy atom.